The van der Waals surface area contributed by atoms with Crippen molar-refractivity contribution in [2.75, 3.05) is 7.05 Å². The number of ketones is 1. The summed E-state index contributed by atoms with van der Waals surface area (Å²) in [5, 5.41) is 0. The molecule has 1 aromatic carbocycles. The second-order valence-corrected chi connectivity index (χ2v) is 9.99. The SMILES string of the molecule is CCC#CC[C@H]1C(=O)CC[C@@H]1C/C=C/P1(=O)O[C@H](c2ccccc2)[C@H](C)N1C. The Balaban J connectivity index is 1.66. The van der Waals surface area contributed by atoms with Gasteiger partial charge >= 0.3 is 0 Å². The lowest BCUT2D eigenvalue weighted by molar-refractivity contribution is -0.121. The summed E-state index contributed by atoms with van der Waals surface area (Å²) in [5.41, 5.74) is 1.05. The van der Waals surface area contributed by atoms with Gasteiger partial charge in [-0.05, 0) is 38.3 Å². The van der Waals surface area contributed by atoms with Crippen molar-refractivity contribution in [3.05, 3.63) is 47.8 Å². The highest BCUT2D eigenvalue weighted by Gasteiger charge is 2.45. The van der Waals surface area contributed by atoms with Gasteiger partial charge in [0.2, 0.25) is 0 Å². The molecule has 1 unspecified atom stereocenters. The molecule has 5 atom stereocenters. The molecule has 28 heavy (non-hydrogen) atoms. The van der Waals surface area contributed by atoms with Crippen LogP contribution >= 0.6 is 7.52 Å². The first-order valence-corrected chi connectivity index (χ1v) is 11.8. The minimum atomic E-state index is -3.02. The highest BCUT2D eigenvalue weighted by Crippen LogP contribution is 2.63. The summed E-state index contributed by atoms with van der Waals surface area (Å²) in [7, 11) is -1.15. The van der Waals surface area contributed by atoms with Crippen LogP contribution < -0.4 is 0 Å². The third-order valence-corrected chi connectivity index (χ3v) is 8.32. The molecular weight excluding hydrogens is 369 g/mol. The molecule has 0 N–H and O–H groups in total. The van der Waals surface area contributed by atoms with Gasteiger partial charge in [0, 0.05) is 37.0 Å². The first-order valence-electron chi connectivity index (χ1n) is 10.2. The van der Waals surface area contributed by atoms with Gasteiger partial charge in [-0.1, -0.05) is 43.3 Å². The normalized spacial score (nSPS) is 33.3. The predicted molar refractivity (Wildman–Crippen MR) is 113 cm³/mol. The van der Waals surface area contributed by atoms with Crippen LogP contribution in [0, 0.1) is 23.7 Å². The molecule has 150 valence electrons. The van der Waals surface area contributed by atoms with E-state index in [2.05, 4.69) is 11.8 Å². The minimum absolute atomic E-state index is 0.0165. The van der Waals surface area contributed by atoms with E-state index in [0.717, 1.165) is 24.8 Å². The number of carbonyl (C=O) groups excluding carboxylic acids is 1. The van der Waals surface area contributed by atoms with Crippen molar-refractivity contribution in [3.63, 3.8) is 0 Å². The van der Waals surface area contributed by atoms with Crippen LogP contribution in [0.5, 0.6) is 0 Å². The van der Waals surface area contributed by atoms with Gasteiger partial charge in [0.1, 0.15) is 11.9 Å². The molecule has 1 aliphatic carbocycles. The summed E-state index contributed by atoms with van der Waals surface area (Å²) in [4.78, 5) is 12.2. The van der Waals surface area contributed by atoms with E-state index in [1.165, 1.54) is 0 Å². The van der Waals surface area contributed by atoms with Gasteiger partial charge < -0.3 is 4.52 Å². The molecule has 4 nitrogen and oxygen atoms in total. The second kappa shape index (κ2) is 9.23. The molecular formula is C23H30NO3P. The smallest absolute Gasteiger partial charge is 0.295 e. The third-order valence-electron chi connectivity index (χ3n) is 5.96. The zero-order valence-corrected chi connectivity index (χ0v) is 17.9. The van der Waals surface area contributed by atoms with E-state index in [0.29, 0.717) is 18.6 Å². The number of nitrogens with zero attached hydrogens (tertiary/aromatic N) is 1. The van der Waals surface area contributed by atoms with Crippen LogP contribution in [0.25, 0.3) is 0 Å². The van der Waals surface area contributed by atoms with Crippen molar-refractivity contribution in [1.29, 1.82) is 0 Å². The van der Waals surface area contributed by atoms with Gasteiger partial charge in [-0.2, -0.15) is 0 Å². The fraction of sp³-hybridized carbons (Fsp3) is 0.522. The van der Waals surface area contributed by atoms with Crippen LogP contribution in [-0.4, -0.2) is 23.5 Å². The summed E-state index contributed by atoms with van der Waals surface area (Å²) in [6.45, 7) is 4.06. The number of allylic oxidation sites excluding steroid dienone is 1. The Labute approximate surface area is 168 Å². The van der Waals surface area contributed by atoms with Crippen molar-refractivity contribution in [2.24, 2.45) is 11.8 Å². The van der Waals surface area contributed by atoms with E-state index in [1.807, 2.05) is 62.0 Å². The van der Waals surface area contributed by atoms with Crippen molar-refractivity contribution < 1.29 is 13.9 Å². The van der Waals surface area contributed by atoms with Crippen molar-refractivity contribution in [1.82, 2.24) is 4.67 Å². The summed E-state index contributed by atoms with van der Waals surface area (Å²) in [6.07, 6.45) is 5.50. The fourth-order valence-electron chi connectivity index (χ4n) is 4.11. The Kier molecular flexibility index (Phi) is 6.94. The third kappa shape index (κ3) is 4.49. The molecule has 0 amide bonds. The van der Waals surface area contributed by atoms with E-state index in [4.69, 9.17) is 4.52 Å². The maximum absolute atomic E-state index is 13.4. The Morgan fingerprint density at radius 2 is 2.04 bits per heavy atom. The largest absolute Gasteiger partial charge is 0.305 e. The van der Waals surface area contributed by atoms with E-state index >= 15 is 0 Å². The molecule has 2 aliphatic rings. The predicted octanol–water partition coefficient (Wildman–Crippen LogP) is 5.57. The van der Waals surface area contributed by atoms with Crippen LogP contribution in [0.15, 0.2) is 42.2 Å². The average Bonchev–Trinajstić information content (AvgIpc) is 3.16. The van der Waals surface area contributed by atoms with E-state index in [9.17, 15) is 9.36 Å². The number of hydrogen-bond acceptors (Lipinski definition) is 3. The van der Waals surface area contributed by atoms with Gasteiger partial charge in [0.25, 0.3) is 7.52 Å². The molecule has 1 saturated heterocycles. The fourth-order valence-corrected chi connectivity index (χ4v) is 6.18. The molecule has 1 aliphatic heterocycles. The monoisotopic (exact) mass is 399 g/mol. The number of rotatable bonds is 5. The number of carbonyl (C=O) groups is 1. The standard InChI is InChI=1S/C23H30NO3P/c1-4-5-7-14-21-19(15-16-22(21)25)13-10-17-28(26)24(3)18(2)23(27-28)20-11-8-6-9-12-20/h6,8-12,17-19,21,23H,4,13-16H2,1-3H3/b17-10+/t18-,19-,21+,23-,28?/m0/s1. The van der Waals surface area contributed by atoms with Gasteiger partial charge in [0.15, 0.2) is 0 Å². The lowest BCUT2D eigenvalue weighted by atomic mass is 9.90. The molecule has 1 saturated carbocycles. The van der Waals surface area contributed by atoms with Crippen LogP contribution in [-0.2, 0) is 13.9 Å². The van der Waals surface area contributed by atoms with Crippen molar-refractivity contribution >= 4 is 13.3 Å². The number of benzene rings is 1. The van der Waals surface area contributed by atoms with Crippen LogP contribution in [0.3, 0.4) is 0 Å². The number of Topliss-reactive ketones (excluding diaryl/α,β-unsaturated/α-hetero) is 1. The molecule has 5 heteroatoms. The first-order chi connectivity index (χ1) is 13.5. The molecule has 0 radical (unpaired) electrons. The zero-order chi connectivity index (χ0) is 20.1. The molecule has 3 rings (SSSR count). The van der Waals surface area contributed by atoms with E-state index in [-0.39, 0.29) is 24.0 Å². The summed E-state index contributed by atoms with van der Waals surface area (Å²) >= 11 is 0. The van der Waals surface area contributed by atoms with Gasteiger partial charge in [-0.15, -0.1) is 11.8 Å². The maximum atomic E-state index is 13.4. The Hall–Kier alpha value is -1.66. The second-order valence-electron chi connectivity index (χ2n) is 7.72. The van der Waals surface area contributed by atoms with E-state index in [1.54, 1.807) is 5.82 Å². The Morgan fingerprint density at radius 1 is 1.29 bits per heavy atom. The first kappa shape index (κ1) is 21.1. The molecule has 0 aromatic heterocycles. The average molecular weight is 399 g/mol. The van der Waals surface area contributed by atoms with Gasteiger partial charge in [-0.3, -0.25) is 9.36 Å². The molecule has 0 spiro atoms. The molecule has 0 bridgehead atoms. The van der Waals surface area contributed by atoms with Gasteiger partial charge in [0.05, 0.1) is 0 Å². The Morgan fingerprint density at radius 3 is 2.75 bits per heavy atom. The van der Waals surface area contributed by atoms with Crippen molar-refractivity contribution in [2.45, 2.75) is 58.1 Å². The number of likely N-dealkylation sites (N-methyl/N-ethyl adjacent to an activating group) is 1. The lowest BCUT2D eigenvalue weighted by Crippen LogP contribution is -2.22. The molecule has 1 aromatic rings. The number of hydrogen-bond donors (Lipinski definition) is 0. The van der Waals surface area contributed by atoms with Crippen LogP contribution in [0.4, 0.5) is 0 Å². The Bertz CT molecular complexity index is 823. The summed E-state index contributed by atoms with van der Waals surface area (Å²) in [5.74, 6) is 8.56. The summed E-state index contributed by atoms with van der Waals surface area (Å²) < 4.78 is 21.3. The van der Waals surface area contributed by atoms with E-state index < -0.39 is 7.52 Å². The van der Waals surface area contributed by atoms with Crippen LogP contribution in [0.2, 0.25) is 0 Å². The highest BCUT2D eigenvalue weighted by molar-refractivity contribution is 7.60. The minimum Gasteiger partial charge on any atom is -0.305 e. The summed E-state index contributed by atoms with van der Waals surface area (Å²) in [6, 6.07) is 9.98. The van der Waals surface area contributed by atoms with Gasteiger partial charge in [-0.25, -0.2) is 4.67 Å². The van der Waals surface area contributed by atoms with Crippen molar-refractivity contribution in [3.8, 4) is 11.8 Å². The quantitative estimate of drug-likeness (QED) is 0.479. The van der Waals surface area contributed by atoms with Crippen LogP contribution in [0.1, 0.15) is 57.6 Å². The highest BCUT2D eigenvalue weighted by atomic mass is 31.2. The topological polar surface area (TPSA) is 46.6 Å². The maximum Gasteiger partial charge on any atom is 0.295 e. The zero-order valence-electron chi connectivity index (χ0n) is 17.0. The molecule has 2 fully saturated rings. The molecule has 1 heterocycles. The lowest BCUT2D eigenvalue weighted by Gasteiger charge is -2.19.